The number of pyridine rings is 1. The summed E-state index contributed by atoms with van der Waals surface area (Å²) in [5, 5.41) is 0. The largest absolute Gasteiger partial charge is 0.356 e. The molecule has 0 aliphatic carbocycles. The second kappa shape index (κ2) is 6.45. The number of aromatic nitrogens is 1. The third-order valence-electron chi connectivity index (χ3n) is 3.82. The number of hydrogen-bond acceptors (Lipinski definition) is 3. The first-order chi connectivity index (χ1) is 10.2. The van der Waals surface area contributed by atoms with Gasteiger partial charge >= 0.3 is 0 Å². The molecule has 1 aromatic heterocycles. The number of H-pyrrole nitrogens is 1. The van der Waals surface area contributed by atoms with E-state index in [9.17, 15) is 4.79 Å². The molecular formula is C16H18BrN3O. The molecule has 21 heavy (non-hydrogen) atoms. The van der Waals surface area contributed by atoms with Crippen LogP contribution in [0, 0.1) is 0 Å². The Hall–Kier alpha value is -1.59. The molecule has 0 saturated carbocycles. The second-order valence-corrected chi connectivity index (χ2v) is 6.11. The van der Waals surface area contributed by atoms with Gasteiger partial charge in [0.1, 0.15) is 5.82 Å². The molecule has 4 nitrogen and oxygen atoms in total. The van der Waals surface area contributed by atoms with E-state index in [2.05, 4.69) is 48.9 Å². The molecule has 2 aromatic rings. The minimum atomic E-state index is -0.0388. The predicted molar refractivity (Wildman–Crippen MR) is 88.7 cm³/mol. The molecule has 110 valence electrons. The predicted octanol–water partition coefficient (Wildman–Crippen LogP) is 2.46. The Labute approximate surface area is 132 Å². The minimum absolute atomic E-state index is 0.0388. The Kier molecular flexibility index (Phi) is 4.41. The minimum Gasteiger partial charge on any atom is -0.356 e. The maximum atomic E-state index is 11.4. The molecule has 1 fully saturated rings. The highest BCUT2D eigenvalue weighted by Crippen LogP contribution is 2.19. The summed E-state index contributed by atoms with van der Waals surface area (Å²) in [4.78, 5) is 18.9. The van der Waals surface area contributed by atoms with Crippen molar-refractivity contribution in [1.29, 1.82) is 0 Å². The van der Waals surface area contributed by atoms with Crippen LogP contribution in [0.25, 0.3) is 0 Å². The topological polar surface area (TPSA) is 39.3 Å². The van der Waals surface area contributed by atoms with Crippen molar-refractivity contribution in [1.82, 2.24) is 9.88 Å². The fourth-order valence-electron chi connectivity index (χ4n) is 2.64. The molecule has 5 heteroatoms. The van der Waals surface area contributed by atoms with Gasteiger partial charge in [-0.3, -0.25) is 9.69 Å². The number of piperazine rings is 1. The van der Waals surface area contributed by atoms with Crippen LogP contribution in [0.1, 0.15) is 5.56 Å². The molecule has 0 bridgehead atoms. The van der Waals surface area contributed by atoms with Gasteiger partial charge in [0, 0.05) is 43.3 Å². The number of hydrogen-bond donors (Lipinski definition) is 1. The van der Waals surface area contributed by atoms with E-state index in [4.69, 9.17) is 0 Å². The zero-order chi connectivity index (χ0) is 14.7. The van der Waals surface area contributed by atoms with Gasteiger partial charge in [0.15, 0.2) is 0 Å². The molecule has 0 radical (unpaired) electrons. The van der Waals surface area contributed by atoms with Crippen molar-refractivity contribution in [2.24, 2.45) is 0 Å². The summed E-state index contributed by atoms with van der Waals surface area (Å²) in [7, 11) is 0. The summed E-state index contributed by atoms with van der Waals surface area (Å²) in [6.07, 6.45) is 0. The fourth-order valence-corrected chi connectivity index (χ4v) is 3.05. The lowest BCUT2D eigenvalue weighted by Gasteiger charge is -2.35. The zero-order valence-corrected chi connectivity index (χ0v) is 13.3. The second-order valence-electron chi connectivity index (χ2n) is 5.25. The molecule has 3 rings (SSSR count). The highest BCUT2D eigenvalue weighted by molar-refractivity contribution is 9.10. The maximum absolute atomic E-state index is 11.4. The monoisotopic (exact) mass is 347 g/mol. The third-order valence-corrected chi connectivity index (χ3v) is 4.59. The quantitative estimate of drug-likeness (QED) is 0.926. The molecule has 2 heterocycles. The van der Waals surface area contributed by atoms with E-state index in [1.165, 1.54) is 10.0 Å². The van der Waals surface area contributed by atoms with Crippen molar-refractivity contribution in [2.75, 3.05) is 31.1 Å². The Morgan fingerprint density at radius 3 is 2.48 bits per heavy atom. The van der Waals surface area contributed by atoms with Crippen LogP contribution in [0.3, 0.4) is 0 Å². The lowest BCUT2D eigenvalue weighted by Crippen LogP contribution is -2.46. The maximum Gasteiger partial charge on any atom is 0.249 e. The van der Waals surface area contributed by atoms with Crippen LogP contribution in [-0.2, 0) is 6.54 Å². The summed E-state index contributed by atoms with van der Waals surface area (Å²) >= 11 is 3.60. The van der Waals surface area contributed by atoms with Crippen LogP contribution in [0.5, 0.6) is 0 Å². The number of rotatable bonds is 3. The zero-order valence-electron chi connectivity index (χ0n) is 11.8. The third kappa shape index (κ3) is 3.54. The normalized spacial score (nSPS) is 16.1. The fraction of sp³-hybridized carbons (Fsp3) is 0.312. The number of anilines is 1. The van der Waals surface area contributed by atoms with Gasteiger partial charge in [-0.25, -0.2) is 0 Å². The average Bonchev–Trinajstić information content (AvgIpc) is 2.50. The number of nitrogens with one attached hydrogen (secondary N) is 1. The Morgan fingerprint density at radius 1 is 1.00 bits per heavy atom. The molecule has 1 N–H and O–H groups in total. The van der Waals surface area contributed by atoms with E-state index in [-0.39, 0.29) is 5.56 Å². The van der Waals surface area contributed by atoms with Crippen molar-refractivity contribution in [3.05, 3.63) is 62.9 Å². The molecule has 1 saturated heterocycles. The van der Waals surface area contributed by atoms with Crippen LogP contribution < -0.4 is 10.5 Å². The first kappa shape index (κ1) is 14.4. The van der Waals surface area contributed by atoms with E-state index < -0.39 is 0 Å². The lowest BCUT2D eigenvalue weighted by molar-refractivity contribution is 0.249. The van der Waals surface area contributed by atoms with Crippen LogP contribution >= 0.6 is 15.9 Å². The molecule has 1 aliphatic rings. The number of halogens is 1. The van der Waals surface area contributed by atoms with E-state index in [1.807, 2.05) is 18.2 Å². The van der Waals surface area contributed by atoms with Crippen LogP contribution in [0.2, 0.25) is 0 Å². The summed E-state index contributed by atoms with van der Waals surface area (Å²) < 4.78 is 1.17. The van der Waals surface area contributed by atoms with Gasteiger partial charge < -0.3 is 9.88 Å². The summed E-state index contributed by atoms with van der Waals surface area (Å²) in [5.74, 6) is 0.919. The number of nitrogens with zero attached hydrogens (tertiary/aromatic N) is 2. The molecule has 1 aromatic carbocycles. The molecule has 0 unspecified atom stereocenters. The van der Waals surface area contributed by atoms with Crippen molar-refractivity contribution in [3.8, 4) is 0 Å². The first-order valence-electron chi connectivity index (χ1n) is 7.12. The van der Waals surface area contributed by atoms with Gasteiger partial charge in [-0.2, -0.15) is 0 Å². The standard InChI is InChI=1S/C16H18BrN3O/c17-14-5-2-1-4-13(14)12-19-8-10-20(11-9-19)15-6-3-7-16(21)18-15/h1-7H,8-12H2,(H,18,21). The molecular weight excluding hydrogens is 330 g/mol. The van der Waals surface area contributed by atoms with Crippen LogP contribution in [0.15, 0.2) is 51.7 Å². The van der Waals surface area contributed by atoms with Gasteiger partial charge in [-0.1, -0.05) is 40.2 Å². The highest BCUT2D eigenvalue weighted by Gasteiger charge is 2.18. The van der Waals surface area contributed by atoms with Gasteiger partial charge in [-0.05, 0) is 17.7 Å². The van der Waals surface area contributed by atoms with Gasteiger partial charge in [0.2, 0.25) is 5.56 Å². The Balaban J connectivity index is 1.60. The lowest BCUT2D eigenvalue weighted by atomic mass is 10.2. The smallest absolute Gasteiger partial charge is 0.249 e. The average molecular weight is 348 g/mol. The van der Waals surface area contributed by atoms with Crippen molar-refractivity contribution < 1.29 is 0 Å². The SMILES string of the molecule is O=c1cccc(N2CCN(Cc3ccccc3Br)CC2)[nH]1. The van der Waals surface area contributed by atoms with E-state index in [0.717, 1.165) is 38.5 Å². The van der Waals surface area contributed by atoms with Crippen molar-refractivity contribution >= 4 is 21.7 Å². The van der Waals surface area contributed by atoms with E-state index in [1.54, 1.807) is 6.07 Å². The Bertz CT molecular complexity index is 662. The van der Waals surface area contributed by atoms with E-state index >= 15 is 0 Å². The number of benzene rings is 1. The molecule has 0 amide bonds. The molecule has 0 spiro atoms. The van der Waals surface area contributed by atoms with Gasteiger partial charge in [-0.15, -0.1) is 0 Å². The van der Waals surface area contributed by atoms with Gasteiger partial charge in [0.25, 0.3) is 0 Å². The summed E-state index contributed by atoms with van der Waals surface area (Å²) in [6, 6.07) is 13.7. The van der Waals surface area contributed by atoms with Crippen LogP contribution in [0.4, 0.5) is 5.82 Å². The molecule has 0 atom stereocenters. The molecule has 1 aliphatic heterocycles. The Morgan fingerprint density at radius 2 is 1.76 bits per heavy atom. The summed E-state index contributed by atoms with van der Waals surface area (Å²) in [5.41, 5.74) is 1.28. The summed E-state index contributed by atoms with van der Waals surface area (Å²) in [6.45, 7) is 4.83. The van der Waals surface area contributed by atoms with Crippen molar-refractivity contribution in [2.45, 2.75) is 6.54 Å². The highest BCUT2D eigenvalue weighted by atomic mass is 79.9. The number of aromatic amines is 1. The van der Waals surface area contributed by atoms with Crippen molar-refractivity contribution in [3.63, 3.8) is 0 Å². The van der Waals surface area contributed by atoms with Gasteiger partial charge in [0.05, 0.1) is 0 Å². The van der Waals surface area contributed by atoms with E-state index in [0.29, 0.717) is 0 Å². The first-order valence-corrected chi connectivity index (χ1v) is 7.92. The van der Waals surface area contributed by atoms with Crippen LogP contribution in [-0.4, -0.2) is 36.1 Å².